The van der Waals surface area contributed by atoms with Gasteiger partial charge in [-0.2, -0.15) is 18.3 Å². The molecular weight excluding hydrogens is 533 g/mol. The molecule has 2 aromatic heterocycles. The molecule has 0 saturated heterocycles. The fraction of sp³-hybridized carbons (Fsp3) is 0.371. The number of rotatable bonds is 3. The Hall–Kier alpha value is -3.87. The van der Waals surface area contributed by atoms with Crippen LogP contribution >= 0.6 is 0 Å². The number of halogens is 3. The monoisotopic (exact) mass is 570 g/mol. The number of nitrogens with zero attached hydrogens (tertiary/aromatic N) is 4. The predicted octanol–water partition coefficient (Wildman–Crippen LogP) is 9.58. The molecule has 0 bridgehead atoms. The molecule has 3 aromatic carbocycles. The molecule has 2 atom stereocenters. The van der Waals surface area contributed by atoms with E-state index in [1.165, 1.54) is 12.4 Å². The molecule has 0 spiro atoms. The van der Waals surface area contributed by atoms with Crippen LogP contribution in [-0.2, 0) is 10.8 Å². The average molecular weight is 571 g/mol. The maximum atomic E-state index is 14.9. The Labute approximate surface area is 244 Å². The molecule has 218 valence electrons. The van der Waals surface area contributed by atoms with Gasteiger partial charge in [0.05, 0.1) is 17.3 Å². The quantitative estimate of drug-likeness (QED) is 0.203. The third-order valence-corrected chi connectivity index (χ3v) is 8.57. The molecule has 2 heterocycles. The number of allylic oxidation sites excluding steroid dienone is 2. The van der Waals surface area contributed by atoms with Gasteiger partial charge in [-0.05, 0) is 71.2 Å². The smallest absolute Gasteiger partial charge is 0.333 e. The van der Waals surface area contributed by atoms with E-state index in [1.807, 2.05) is 47.0 Å². The summed E-state index contributed by atoms with van der Waals surface area (Å²) >= 11 is 0. The van der Waals surface area contributed by atoms with Gasteiger partial charge in [0.15, 0.2) is 0 Å². The van der Waals surface area contributed by atoms with Gasteiger partial charge in [0.25, 0.3) is 0 Å². The van der Waals surface area contributed by atoms with Crippen LogP contribution in [-0.4, -0.2) is 25.5 Å². The Morgan fingerprint density at radius 3 is 1.83 bits per heavy atom. The van der Waals surface area contributed by atoms with E-state index in [1.54, 1.807) is 4.68 Å². The number of benzene rings is 3. The summed E-state index contributed by atoms with van der Waals surface area (Å²) in [4.78, 5) is 4.42. The van der Waals surface area contributed by atoms with Crippen LogP contribution in [0.2, 0.25) is 0 Å². The molecule has 0 aliphatic heterocycles. The average Bonchev–Trinajstić information content (AvgIpc) is 3.54. The first kappa shape index (κ1) is 28.3. The number of hydrogen-bond acceptors (Lipinski definition) is 2. The minimum Gasteiger partial charge on any atom is -0.333 e. The van der Waals surface area contributed by atoms with Crippen molar-refractivity contribution in [2.75, 3.05) is 0 Å². The topological polar surface area (TPSA) is 35.6 Å². The Morgan fingerprint density at radius 2 is 1.31 bits per heavy atom. The lowest BCUT2D eigenvalue weighted by molar-refractivity contribution is -0.0997. The highest BCUT2D eigenvalue weighted by atomic mass is 19.4. The van der Waals surface area contributed by atoms with Crippen LogP contribution in [0.25, 0.3) is 27.5 Å². The van der Waals surface area contributed by atoms with Crippen molar-refractivity contribution in [2.24, 2.45) is 0 Å². The fourth-order valence-electron chi connectivity index (χ4n) is 6.25. The van der Waals surface area contributed by atoms with Crippen molar-refractivity contribution in [2.45, 2.75) is 83.4 Å². The minimum absolute atomic E-state index is 0.0892. The lowest BCUT2D eigenvalue weighted by Crippen LogP contribution is -2.28. The molecule has 4 nitrogen and oxygen atoms in total. The molecule has 0 amide bonds. The zero-order valence-corrected chi connectivity index (χ0v) is 25.0. The Kier molecular flexibility index (Phi) is 6.63. The van der Waals surface area contributed by atoms with Crippen molar-refractivity contribution in [3.63, 3.8) is 0 Å². The van der Waals surface area contributed by atoms with Gasteiger partial charge in [0.1, 0.15) is 12.2 Å². The first-order chi connectivity index (χ1) is 19.7. The van der Waals surface area contributed by atoms with Gasteiger partial charge in [-0.1, -0.05) is 78.0 Å². The van der Waals surface area contributed by atoms with Crippen molar-refractivity contribution in [1.82, 2.24) is 19.3 Å². The van der Waals surface area contributed by atoms with E-state index >= 15 is 0 Å². The van der Waals surface area contributed by atoms with E-state index in [2.05, 4.69) is 75.9 Å². The second-order valence-electron chi connectivity index (χ2n) is 13.5. The van der Waals surface area contributed by atoms with Gasteiger partial charge in [-0.15, -0.1) is 0 Å². The number of alkyl halides is 3. The van der Waals surface area contributed by atoms with Crippen molar-refractivity contribution in [3.8, 4) is 5.69 Å². The van der Waals surface area contributed by atoms with Gasteiger partial charge >= 0.3 is 6.18 Å². The first-order valence-corrected chi connectivity index (χ1v) is 14.6. The van der Waals surface area contributed by atoms with Crippen molar-refractivity contribution in [3.05, 3.63) is 102 Å². The summed E-state index contributed by atoms with van der Waals surface area (Å²) in [6.07, 6.45) is -0.833. The third kappa shape index (κ3) is 4.93. The molecular formula is C35H37F3N4. The maximum absolute atomic E-state index is 14.9. The lowest BCUT2D eigenvalue weighted by atomic mass is 9.85. The normalized spacial score (nSPS) is 18.5. The third-order valence-electron chi connectivity index (χ3n) is 8.57. The van der Waals surface area contributed by atoms with Crippen molar-refractivity contribution >= 4 is 21.8 Å². The molecule has 1 aliphatic rings. The van der Waals surface area contributed by atoms with Gasteiger partial charge in [0, 0.05) is 27.7 Å². The van der Waals surface area contributed by atoms with E-state index in [9.17, 15) is 13.2 Å². The minimum atomic E-state index is -4.50. The van der Waals surface area contributed by atoms with Crippen LogP contribution in [0.15, 0.2) is 84.7 Å². The summed E-state index contributed by atoms with van der Waals surface area (Å²) in [6, 6.07) is 21.1. The predicted molar refractivity (Wildman–Crippen MR) is 163 cm³/mol. The summed E-state index contributed by atoms with van der Waals surface area (Å²) in [7, 11) is 0. The van der Waals surface area contributed by atoms with Crippen LogP contribution < -0.4 is 0 Å². The number of hydrogen-bond donors (Lipinski definition) is 0. The van der Waals surface area contributed by atoms with Crippen LogP contribution in [0.5, 0.6) is 0 Å². The van der Waals surface area contributed by atoms with E-state index in [0.29, 0.717) is 18.7 Å². The number of aromatic nitrogens is 4. The van der Waals surface area contributed by atoms with Gasteiger partial charge in [0.2, 0.25) is 0 Å². The van der Waals surface area contributed by atoms with Crippen molar-refractivity contribution < 1.29 is 13.2 Å². The van der Waals surface area contributed by atoms with Crippen LogP contribution in [0, 0.1) is 0 Å². The summed E-state index contributed by atoms with van der Waals surface area (Å²) in [5.74, 6) is 0.0157. The maximum Gasteiger partial charge on any atom is 0.414 e. The van der Waals surface area contributed by atoms with Gasteiger partial charge in [-0.3, -0.25) is 0 Å². The van der Waals surface area contributed by atoms with E-state index in [-0.39, 0.29) is 10.8 Å². The van der Waals surface area contributed by atoms with Gasteiger partial charge < -0.3 is 4.57 Å². The number of para-hydroxylation sites is 1. The largest absolute Gasteiger partial charge is 0.414 e. The van der Waals surface area contributed by atoms with E-state index < -0.39 is 23.7 Å². The molecule has 0 radical (unpaired) electrons. The molecule has 0 saturated carbocycles. The molecule has 2 unspecified atom stereocenters. The Balaban J connectivity index is 1.54. The van der Waals surface area contributed by atoms with Crippen molar-refractivity contribution in [1.29, 1.82) is 0 Å². The summed E-state index contributed by atoms with van der Waals surface area (Å²) in [5, 5.41) is 6.34. The second-order valence-corrected chi connectivity index (χ2v) is 13.5. The molecule has 0 N–H and O–H groups in total. The van der Waals surface area contributed by atoms with E-state index in [0.717, 1.165) is 38.6 Å². The van der Waals surface area contributed by atoms with Crippen LogP contribution in [0.1, 0.15) is 83.3 Å². The molecule has 0 fully saturated rings. The SMILES string of the molecule is CC(C)(C)c1ccc2c(c1)c1cc(C(C)(C)C)ccc1n2C1CCC(c2ncnn2-c2ccccc2)C=C1C(F)(F)F. The fourth-order valence-corrected chi connectivity index (χ4v) is 6.25. The van der Waals surface area contributed by atoms with Gasteiger partial charge in [-0.25, -0.2) is 9.67 Å². The summed E-state index contributed by atoms with van der Waals surface area (Å²) in [5.41, 5.74) is 4.05. The Morgan fingerprint density at radius 1 is 0.738 bits per heavy atom. The molecule has 42 heavy (non-hydrogen) atoms. The molecule has 7 heteroatoms. The summed E-state index contributed by atoms with van der Waals surface area (Å²) < 4.78 is 48.4. The zero-order valence-electron chi connectivity index (χ0n) is 25.0. The highest BCUT2D eigenvalue weighted by Gasteiger charge is 2.43. The molecule has 1 aliphatic carbocycles. The lowest BCUT2D eigenvalue weighted by Gasteiger charge is -2.32. The van der Waals surface area contributed by atoms with Crippen LogP contribution in [0.3, 0.4) is 0 Å². The first-order valence-electron chi connectivity index (χ1n) is 14.6. The standard InChI is InChI=1S/C35H37F3N4/c1-33(2,3)23-13-16-29-26(19-23)27-20-24(34(4,5)6)14-17-30(27)41(29)31-15-12-22(18-28(31)35(36,37)38)32-39-21-40-42(32)25-10-8-7-9-11-25/h7-11,13-14,16-22,31H,12,15H2,1-6H3. The highest BCUT2D eigenvalue weighted by Crippen LogP contribution is 2.48. The number of fused-ring (bicyclic) bond motifs is 3. The summed E-state index contributed by atoms with van der Waals surface area (Å²) in [6.45, 7) is 13.0. The molecule has 6 rings (SSSR count). The van der Waals surface area contributed by atoms with Crippen LogP contribution in [0.4, 0.5) is 13.2 Å². The Bertz CT molecular complexity index is 1720. The highest BCUT2D eigenvalue weighted by molar-refractivity contribution is 6.09. The molecule has 5 aromatic rings. The second kappa shape index (κ2) is 9.85. The van der Waals surface area contributed by atoms with E-state index in [4.69, 9.17) is 0 Å². The zero-order chi connectivity index (χ0) is 30.0.